The Morgan fingerprint density at radius 2 is 1.88 bits per heavy atom. The van der Waals surface area contributed by atoms with E-state index in [9.17, 15) is 13.2 Å². The monoisotopic (exact) mass is 275 g/mol. The average Bonchev–Trinajstić information content (AvgIpc) is 2.07. The van der Waals surface area contributed by atoms with Crippen molar-refractivity contribution in [3.05, 3.63) is 12.2 Å². The van der Waals surface area contributed by atoms with E-state index < -0.39 is 21.5 Å². The fourth-order valence-electron chi connectivity index (χ4n) is 1.36. The van der Waals surface area contributed by atoms with E-state index in [2.05, 4.69) is 11.6 Å². The van der Waals surface area contributed by atoms with Crippen molar-refractivity contribution in [2.75, 3.05) is 0 Å². The molecule has 0 unspecified atom stereocenters. The van der Waals surface area contributed by atoms with E-state index in [0.717, 1.165) is 0 Å². The van der Waals surface area contributed by atoms with Crippen LogP contribution in [0.25, 0.3) is 0 Å². The van der Waals surface area contributed by atoms with Crippen LogP contribution in [0.2, 0.25) is 0 Å². The molecule has 1 heterocycles. The SMILES string of the molecule is C=C1C(=O)N(S(N)(=O)=O)C(=S)N=C1C(C)(C)C. The largest absolute Gasteiger partial charge is 0.307 e. The summed E-state index contributed by atoms with van der Waals surface area (Å²) in [5.74, 6) is -0.850. The number of nitrogens with two attached hydrogens (primary N) is 1. The summed E-state index contributed by atoms with van der Waals surface area (Å²) in [5, 5.41) is 4.51. The lowest BCUT2D eigenvalue weighted by molar-refractivity contribution is -0.119. The zero-order valence-electron chi connectivity index (χ0n) is 9.72. The quantitative estimate of drug-likeness (QED) is 0.552. The van der Waals surface area contributed by atoms with Crippen LogP contribution in [-0.4, -0.2) is 29.5 Å². The highest BCUT2D eigenvalue weighted by Gasteiger charge is 2.39. The zero-order valence-corrected chi connectivity index (χ0v) is 11.4. The van der Waals surface area contributed by atoms with Crippen molar-refractivity contribution in [2.45, 2.75) is 20.8 Å². The van der Waals surface area contributed by atoms with Gasteiger partial charge in [0.15, 0.2) is 0 Å². The smallest absolute Gasteiger partial charge is 0.267 e. The third-order valence-corrected chi connectivity index (χ3v) is 3.31. The summed E-state index contributed by atoms with van der Waals surface area (Å²) >= 11 is 4.77. The second kappa shape index (κ2) is 3.97. The van der Waals surface area contributed by atoms with Gasteiger partial charge in [-0.25, -0.2) is 10.1 Å². The topological polar surface area (TPSA) is 92.8 Å². The summed E-state index contributed by atoms with van der Waals surface area (Å²) in [5.41, 5.74) is -0.103. The van der Waals surface area contributed by atoms with Crippen molar-refractivity contribution in [3.63, 3.8) is 0 Å². The molecule has 0 aromatic heterocycles. The van der Waals surface area contributed by atoms with Gasteiger partial charge in [-0.2, -0.15) is 12.7 Å². The maximum Gasteiger partial charge on any atom is 0.307 e. The highest BCUT2D eigenvalue weighted by molar-refractivity contribution is 7.90. The van der Waals surface area contributed by atoms with Crippen LogP contribution in [0, 0.1) is 5.41 Å². The van der Waals surface area contributed by atoms with Gasteiger partial charge in [-0.1, -0.05) is 27.4 Å². The molecule has 0 saturated carbocycles. The fourth-order valence-corrected chi connectivity index (χ4v) is 2.45. The first-order valence-corrected chi connectivity index (χ1v) is 6.57. The molecule has 2 N–H and O–H groups in total. The van der Waals surface area contributed by atoms with Gasteiger partial charge in [0.05, 0.1) is 11.3 Å². The Morgan fingerprint density at radius 3 is 2.24 bits per heavy atom. The molecule has 0 spiro atoms. The number of rotatable bonds is 1. The maximum atomic E-state index is 11.8. The molecule has 0 radical (unpaired) electrons. The van der Waals surface area contributed by atoms with Gasteiger partial charge in [-0.05, 0) is 12.2 Å². The second-order valence-electron chi connectivity index (χ2n) is 4.59. The average molecular weight is 275 g/mol. The molecule has 6 nitrogen and oxygen atoms in total. The molecular weight excluding hydrogens is 262 g/mol. The predicted molar refractivity (Wildman–Crippen MR) is 68.6 cm³/mol. The first-order valence-electron chi connectivity index (χ1n) is 4.66. The van der Waals surface area contributed by atoms with Crippen molar-refractivity contribution in [3.8, 4) is 0 Å². The molecule has 0 bridgehead atoms. The van der Waals surface area contributed by atoms with Gasteiger partial charge in [0.2, 0.25) is 5.11 Å². The molecule has 0 aliphatic carbocycles. The minimum atomic E-state index is -4.25. The lowest BCUT2D eigenvalue weighted by Crippen LogP contribution is -2.50. The Labute approximate surface area is 105 Å². The van der Waals surface area contributed by atoms with E-state index in [1.807, 2.05) is 20.8 Å². The first-order chi connectivity index (χ1) is 7.46. The molecule has 17 heavy (non-hydrogen) atoms. The third kappa shape index (κ3) is 2.59. The van der Waals surface area contributed by atoms with E-state index in [0.29, 0.717) is 5.71 Å². The van der Waals surface area contributed by atoms with E-state index >= 15 is 0 Å². The van der Waals surface area contributed by atoms with Crippen LogP contribution in [0.15, 0.2) is 17.1 Å². The summed E-state index contributed by atoms with van der Waals surface area (Å²) in [4.78, 5) is 15.8. The molecule has 0 fully saturated rings. The van der Waals surface area contributed by atoms with E-state index in [1.165, 1.54) is 0 Å². The normalized spacial score (nSPS) is 18.5. The molecule has 0 aromatic rings. The Bertz CT molecular complexity index is 540. The number of hydrogen-bond donors (Lipinski definition) is 1. The number of amides is 1. The maximum absolute atomic E-state index is 11.8. The second-order valence-corrected chi connectivity index (χ2v) is 6.35. The van der Waals surface area contributed by atoms with Crippen LogP contribution < -0.4 is 5.14 Å². The molecule has 94 valence electrons. The molecule has 8 heteroatoms. The summed E-state index contributed by atoms with van der Waals surface area (Å²) in [6, 6.07) is 0. The van der Waals surface area contributed by atoms with Gasteiger partial charge >= 0.3 is 10.2 Å². The van der Waals surface area contributed by atoms with E-state index in [-0.39, 0.29) is 15.0 Å². The van der Waals surface area contributed by atoms with Crippen molar-refractivity contribution in [2.24, 2.45) is 15.5 Å². The molecule has 1 aliphatic rings. The van der Waals surface area contributed by atoms with Gasteiger partial charge < -0.3 is 0 Å². The number of carbonyl (C=O) groups is 1. The van der Waals surface area contributed by atoms with Gasteiger partial charge in [0.25, 0.3) is 5.91 Å². The van der Waals surface area contributed by atoms with Crippen molar-refractivity contribution in [1.29, 1.82) is 0 Å². The van der Waals surface area contributed by atoms with Gasteiger partial charge in [-0.15, -0.1) is 0 Å². The summed E-state index contributed by atoms with van der Waals surface area (Å²) in [7, 11) is -4.25. The summed E-state index contributed by atoms with van der Waals surface area (Å²) in [6.45, 7) is 9.00. The highest BCUT2D eigenvalue weighted by Crippen LogP contribution is 2.26. The van der Waals surface area contributed by atoms with Crippen molar-refractivity contribution < 1.29 is 13.2 Å². The lowest BCUT2D eigenvalue weighted by atomic mass is 9.85. The Balaban J connectivity index is 3.39. The lowest BCUT2D eigenvalue weighted by Gasteiger charge is -2.30. The van der Waals surface area contributed by atoms with Crippen LogP contribution in [0.3, 0.4) is 0 Å². The summed E-state index contributed by atoms with van der Waals surface area (Å²) < 4.78 is 22.7. The van der Waals surface area contributed by atoms with E-state index in [4.69, 9.17) is 17.4 Å². The Hall–Kier alpha value is -1.12. The molecule has 1 amide bonds. The third-order valence-electron chi connectivity index (χ3n) is 2.07. The number of carbonyl (C=O) groups excluding carboxylic acids is 1. The van der Waals surface area contributed by atoms with Crippen LogP contribution >= 0.6 is 12.2 Å². The molecule has 0 aromatic carbocycles. The Morgan fingerprint density at radius 1 is 1.41 bits per heavy atom. The standard InChI is InChI=1S/C9H13N3O3S2/c1-5-6(9(2,3)4)11-8(16)12(7(5)13)17(10,14)15/h1H2,2-4H3,(H2,10,14,15). The summed E-state index contributed by atoms with van der Waals surface area (Å²) in [6.07, 6.45) is 0. The minimum Gasteiger partial charge on any atom is -0.267 e. The highest BCUT2D eigenvalue weighted by atomic mass is 32.2. The molecule has 0 atom stereocenters. The number of hydrogen-bond acceptors (Lipinski definition) is 4. The molecule has 0 saturated heterocycles. The minimum absolute atomic E-state index is 0.0138. The van der Waals surface area contributed by atoms with Crippen LogP contribution in [0.1, 0.15) is 20.8 Å². The Kier molecular flexibility index (Phi) is 3.25. The van der Waals surface area contributed by atoms with Gasteiger partial charge in [0, 0.05) is 5.41 Å². The molecule has 1 aliphatic heterocycles. The molecular formula is C9H13N3O3S2. The van der Waals surface area contributed by atoms with Crippen molar-refractivity contribution >= 4 is 39.2 Å². The van der Waals surface area contributed by atoms with Gasteiger partial charge in [0.1, 0.15) is 0 Å². The predicted octanol–water partition coefficient (Wildman–Crippen LogP) is 0.360. The molecule has 1 rings (SSSR count). The zero-order chi connectivity index (χ0) is 13.6. The van der Waals surface area contributed by atoms with Crippen molar-refractivity contribution in [1.82, 2.24) is 4.31 Å². The van der Waals surface area contributed by atoms with Gasteiger partial charge in [-0.3, -0.25) is 4.79 Å². The fraction of sp³-hybridized carbons (Fsp3) is 0.444. The van der Waals surface area contributed by atoms with Crippen LogP contribution in [0.4, 0.5) is 0 Å². The number of aliphatic imine (C=N–C) groups is 1. The van der Waals surface area contributed by atoms with E-state index in [1.54, 1.807) is 0 Å². The number of nitrogens with zero attached hydrogens (tertiary/aromatic N) is 2. The number of thiocarbonyl (C=S) groups is 1. The van der Waals surface area contributed by atoms with Crippen LogP contribution in [0.5, 0.6) is 0 Å². The first kappa shape index (κ1) is 13.9. The van der Waals surface area contributed by atoms with Crippen LogP contribution in [-0.2, 0) is 15.0 Å².